The fraction of sp³-hybridized carbons (Fsp3) is 1.00. The summed E-state index contributed by atoms with van der Waals surface area (Å²) >= 11 is 0. The fourth-order valence-corrected chi connectivity index (χ4v) is 7.03. The Morgan fingerprint density at radius 3 is 1.64 bits per heavy atom. The van der Waals surface area contributed by atoms with Gasteiger partial charge in [-0.25, -0.2) is 0 Å². The van der Waals surface area contributed by atoms with Crippen molar-refractivity contribution in [1.29, 1.82) is 0 Å². The van der Waals surface area contributed by atoms with Gasteiger partial charge in [0, 0.05) is 36.1 Å². The summed E-state index contributed by atoms with van der Waals surface area (Å²) in [6.45, 7) is 17.7. The van der Waals surface area contributed by atoms with Gasteiger partial charge in [0.15, 0.2) is 0 Å². The largest absolute Gasteiger partial charge is 0.375 e. The summed E-state index contributed by atoms with van der Waals surface area (Å²) in [4.78, 5) is 2.87. The third kappa shape index (κ3) is 10.6. The standard InChI is InChI=1S/C33H66N2O/c1-7-11-15-19-22-32(5,23-20-16-12-8-2)34-30-28-36-31-27-35(26-29(30)31)33(6,24-18-14-10-4)25-21-17-13-9-3/h29-31,34H,7-28H2,1-6H3. The molecule has 3 heteroatoms. The molecule has 2 aliphatic rings. The van der Waals surface area contributed by atoms with E-state index in [0.717, 1.165) is 13.2 Å². The number of likely N-dealkylation sites (tertiary alicyclic amines) is 1. The van der Waals surface area contributed by atoms with Crippen molar-refractivity contribution in [3.63, 3.8) is 0 Å². The van der Waals surface area contributed by atoms with Gasteiger partial charge in [0.25, 0.3) is 0 Å². The van der Waals surface area contributed by atoms with Crippen LogP contribution in [0.25, 0.3) is 0 Å². The Morgan fingerprint density at radius 1 is 0.639 bits per heavy atom. The van der Waals surface area contributed by atoms with Crippen molar-refractivity contribution in [2.75, 3.05) is 19.7 Å². The van der Waals surface area contributed by atoms with Gasteiger partial charge in [0.05, 0.1) is 12.7 Å². The lowest BCUT2D eigenvalue weighted by Gasteiger charge is -2.41. The van der Waals surface area contributed by atoms with Gasteiger partial charge in [0.2, 0.25) is 0 Å². The lowest BCUT2D eigenvalue weighted by atomic mass is 9.85. The summed E-state index contributed by atoms with van der Waals surface area (Å²) in [5, 5.41) is 4.25. The predicted octanol–water partition coefficient (Wildman–Crippen LogP) is 9.28. The summed E-state index contributed by atoms with van der Waals surface area (Å²) in [5.41, 5.74) is 0.618. The van der Waals surface area contributed by atoms with Gasteiger partial charge in [0.1, 0.15) is 0 Å². The molecule has 2 fully saturated rings. The van der Waals surface area contributed by atoms with E-state index in [4.69, 9.17) is 4.74 Å². The molecule has 4 unspecified atom stereocenters. The Bertz CT molecular complexity index is 540. The number of hydrogen-bond acceptors (Lipinski definition) is 3. The highest BCUT2D eigenvalue weighted by atomic mass is 16.5. The van der Waals surface area contributed by atoms with E-state index >= 15 is 0 Å². The lowest BCUT2D eigenvalue weighted by Crippen LogP contribution is -2.52. The topological polar surface area (TPSA) is 24.5 Å². The van der Waals surface area contributed by atoms with E-state index in [1.807, 2.05) is 0 Å². The van der Waals surface area contributed by atoms with Crippen molar-refractivity contribution < 1.29 is 4.74 Å². The van der Waals surface area contributed by atoms with Crippen LogP contribution in [0.2, 0.25) is 0 Å². The van der Waals surface area contributed by atoms with Gasteiger partial charge in [-0.2, -0.15) is 0 Å². The van der Waals surface area contributed by atoms with E-state index in [-0.39, 0.29) is 5.54 Å². The molecule has 214 valence electrons. The third-order valence-corrected chi connectivity index (χ3v) is 9.67. The van der Waals surface area contributed by atoms with Gasteiger partial charge in [-0.1, -0.05) is 124 Å². The normalized spacial score (nSPS) is 24.3. The average molecular weight is 507 g/mol. The molecule has 2 rings (SSSR count). The van der Waals surface area contributed by atoms with Crippen molar-refractivity contribution in [3.8, 4) is 0 Å². The highest BCUT2D eigenvalue weighted by Crippen LogP contribution is 2.39. The molecule has 2 heterocycles. The molecule has 0 aromatic rings. The minimum Gasteiger partial charge on any atom is -0.375 e. The zero-order chi connectivity index (χ0) is 26.3. The van der Waals surface area contributed by atoms with Crippen LogP contribution in [0.5, 0.6) is 0 Å². The van der Waals surface area contributed by atoms with Gasteiger partial charge < -0.3 is 10.1 Å². The maximum absolute atomic E-state index is 6.51. The van der Waals surface area contributed by atoms with Crippen molar-refractivity contribution >= 4 is 0 Å². The number of ether oxygens (including phenoxy) is 1. The molecule has 3 nitrogen and oxygen atoms in total. The van der Waals surface area contributed by atoms with Gasteiger partial charge in [-0.15, -0.1) is 0 Å². The van der Waals surface area contributed by atoms with Crippen LogP contribution in [0.1, 0.15) is 164 Å². The summed E-state index contributed by atoms with van der Waals surface area (Å²) in [7, 11) is 0. The zero-order valence-electron chi connectivity index (χ0n) is 25.6. The first kappa shape index (κ1) is 32.1. The zero-order valence-corrected chi connectivity index (χ0v) is 25.6. The first-order chi connectivity index (χ1) is 17.4. The minimum atomic E-state index is 0.266. The highest BCUT2D eigenvalue weighted by molar-refractivity contribution is 5.03. The van der Waals surface area contributed by atoms with Gasteiger partial charge in [-0.3, -0.25) is 4.90 Å². The van der Waals surface area contributed by atoms with Crippen molar-refractivity contribution in [3.05, 3.63) is 0 Å². The summed E-state index contributed by atoms with van der Waals surface area (Å²) in [5.74, 6) is 0.664. The van der Waals surface area contributed by atoms with Crippen LogP contribution in [-0.4, -0.2) is 47.8 Å². The van der Waals surface area contributed by atoms with E-state index < -0.39 is 0 Å². The molecule has 0 aliphatic carbocycles. The number of rotatable bonds is 22. The lowest BCUT2D eigenvalue weighted by molar-refractivity contribution is 0.0523. The van der Waals surface area contributed by atoms with Gasteiger partial charge >= 0.3 is 0 Å². The van der Waals surface area contributed by atoms with Crippen molar-refractivity contribution in [2.45, 2.75) is 187 Å². The molecule has 0 bridgehead atoms. The predicted molar refractivity (Wildman–Crippen MR) is 159 cm³/mol. The van der Waals surface area contributed by atoms with Crippen LogP contribution in [0.3, 0.4) is 0 Å². The van der Waals surface area contributed by atoms with Crippen LogP contribution < -0.4 is 5.32 Å². The molecule has 0 aromatic heterocycles. The number of unbranched alkanes of at least 4 members (excludes halogenated alkanes) is 11. The fourth-order valence-electron chi connectivity index (χ4n) is 7.03. The number of nitrogens with zero attached hydrogens (tertiary/aromatic N) is 1. The van der Waals surface area contributed by atoms with Crippen LogP contribution in [0.15, 0.2) is 0 Å². The smallest absolute Gasteiger partial charge is 0.0759 e. The monoisotopic (exact) mass is 507 g/mol. The SMILES string of the molecule is CCCCCCC(C)(CCCCCC)NC1COC2CN(C(C)(CCCCC)CCCCCC)CC12. The average Bonchev–Trinajstić information content (AvgIpc) is 3.45. The van der Waals surface area contributed by atoms with Crippen molar-refractivity contribution in [2.24, 2.45) is 5.92 Å². The second kappa shape index (κ2) is 17.5. The van der Waals surface area contributed by atoms with Crippen LogP contribution >= 0.6 is 0 Å². The highest BCUT2D eigenvalue weighted by Gasteiger charge is 2.49. The molecule has 0 saturated carbocycles. The molecule has 0 amide bonds. The van der Waals surface area contributed by atoms with Crippen LogP contribution in [-0.2, 0) is 4.74 Å². The van der Waals surface area contributed by atoms with E-state index in [9.17, 15) is 0 Å². The molecule has 1 N–H and O–H groups in total. The first-order valence-electron chi connectivity index (χ1n) is 16.6. The molecular formula is C33H66N2O. The van der Waals surface area contributed by atoms with Crippen LogP contribution in [0, 0.1) is 5.92 Å². The Morgan fingerprint density at radius 2 is 1.11 bits per heavy atom. The third-order valence-electron chi connectivity index (χ3n) is 9.67. The molecule has 36 heavy (non-hydrogen) atoms. The number of hydrogen-bond donors (Lipinski definition) is 1. The van der Waals surface area contributed by atoms with Crippen molar-refractivity contribution in [1.82, 2.24) is 10.2 Å². The molecule has 2 aliphatic heterocycles. The molecule has 2 saturated heterocycles. The Hall–Kier alpha value is -0.120. The summed E-state index contributed by atoms with van der Waals surface area (Å²) < 4.78 is 6.51. The van der Waals surface area contributed by atoms with Crippen LogP contribution in [0.4, 0.5) is 0 Å². The van der Waals surface area contributed by atoms with E-state index in [2.05, 4.69) is 51.8 Å². The summed E-state index contributed by atoms with van der Waals surface area (Å²) in [6.07, 6.45) is 26.3. The second-order valence-electron chi connectivity index (χ2n) is 13.1. The van der Waals surface area contributed by atoms with E-state index in [1.165, 1.54) is 129 Å². The number of nitrogens with one attached hydrogen (secondary N) is 1. The maximum atomic E-state index is 6.51. The van der Waals surface area contributed by atoms with E-state index in [1.54, 1.807) is 0 Å². The first-order valence-corrected chi connectivity index (χ1v) is 16.6. The molecule has 4 atom stereocenters. The Balaban J connectivity index is 2.00. The molecule has 0 aromatic carbocycles. The Labute approximate surface area is 227 Å². The molecular weight excluding hydrogens is 440 g/mol. The second-order valence-corrected chi connectivity index (χ2v) is 13.1. The van der Waals surface area contributed by atoms with Gasteiger partial charge in [-0.05, 0) is 39.5 Å². The summed E-state index contributed by atoms with van der Waals surface area (Å²) in [6, 6.07) is 0.530. The maximum Gasteiger partial charge on any atom is 0.0759 e. The molecule has 0 radical (unpaired) electrons. The quantitative estimate of drug-likeness (QED) is 0.148. The number of fused-ring (bicyclic) bond motifs is 1. The molecule has 0 spiro atoms. The van der Waals surface area contributed by atoms with E-state index in [0.29, 0.717) is 23.6 Å². The Kier molecular flexibility index (Phi) is 15.6. The minimum absolute atomic E-state index is 0.266.